The lowest BCUT2D eigenvalue weighted by atomic mass is 9.71. The topological polar surface area (TPSA) is 62.4 Å². The van der Waals surface area contributed by atoms with E-state index in [2.05, 4.69) is 16.8 Å². The normalized spacial score (nSPS) is 28.6. The highest BCUT2D eigenvalue weighted by molar-refractivity contribution is 6.30. The summed E-state index contributed by atoms with van der Waals surface area (Å²) in [5.41, 5.74) is 6.29. The van der Waals surface area contributed by atoms with Crippen molar-refractivity contribution in [1.82, 2.24) is 9.88 Å². The molecule has 0 aliphatic heterocycles. The minimum absolute atomic E-state index is 0.285. The van der Waals surface area contributed by atoms with Gasteiger partial charge in [-0.1, -0.05) is 18.5 Å². The van der Waals surface area contributed by atoms with E-state index >= 15 is 0 Å². The second kappa shape index (κ2) is 5.88. The fraction of sp³-hybridized carbons (Fsp3) is 0.667. The maximum atomic E-state index is 10.9. The maximum absolute atomic E-state index is 10.9. The van der Waals surface area contributed by atoms with Crippen molar-refractivity contribution in [3.63, 3.8) is 0 Å². The van der Waals surface area contributed by atoms with E-state index in [1.165, 1.54) is 6.20 Å². The molecule has 0 bridgehead atoms. The van der Waals surface area contributed by atoms with Crippen LogP contribution in [0.15, 0.2) is 12.3 Å². The Kier molecular flexibility index (Phi) is 4.57. The number of halogens is 1. The Bertz CT molecular complexity index is 470. The maximum Gasteiger partial charge on any atom is 0.129 e. The molecule has 112 valence electrons. The number of aromatic nitrogens is 1. The van der Waals surface area contributed by atoms with E-state index in [0.29, 0.717) is 22.3 Å². The number of hydrogen-bond acceptors (Lipinski definition) is 4. The quantitative estimate of drug-likeness (QED) is 0.900. The predicted octanol–water partition coefficient (Wildman–Crippen LogP) is 2.86. The van der Waals surface area contributed by atoms with Gasteiger partial charge in [-0.25, -0.2) is 4.98 Å². The molecule has 0 amide bonds. The lowest BCUT2D eigenvalue weighted by molar-refractivity contribution is -0.0405. The first-order valence-corrected chi connectivity index (χ1v) is 7.51. The molecule has 1 aliphatic rings. The van der Waals surface area contributed by atoms with Gasteiger partial charge in [0.15, 0.2) is 0 Å². The molecule has 20 heavy (non-hydrogen) atoms. The van der Waals surface area contributed by atoms with Crippen molar-refractivity contribution in [2.45, 2.75) is 44.2 Å². The summed E-state index contributed by atoms with van der Waals surface area (Å²) in [5.74, 6) is 1.08. The van der Waals surface area contributed by atoms with E-state index in [-0.39, 0.29) is 5.54 Å². The van der Waals surface area contributed by atoms with Crippen molar-refractivity contribution >= 4 is 17.4 Å². The van der Waals surface area contributed by atoms with Gasteiger partial charge in [0.2, 0.25) is 0 Å². The molecule has 1 atom stereocenters. The average Bonchev–Trinajstić information content (AvgIpc) is 2.41. The Balaban J connectivity index is 2.36. The Hall–Kier alpha value is -0.840. The molecule has 2 rings (SSSR count). The molecule has 1 heterocycles. The summed E-state index contributed by atoms with van der Waals surface area (Å²) in [6.45, 7) is 2.27. The number of nitrogen functional groups attached to an aromatic ring is 1. The van der Waals surface area contributed by atoms with Gasteiger partial charge in [0.1, 0.15) is 11.9 Å². The Morgan fingerprint density at radius 2 is 2.05 bits per heavy atom. The van der Waals surface area contributed by atoms with Crippen LogP contribution in [0.25, 0.3) is 0 Å². The Morgan fingerprint density at radius 3 is 2.60 bits per heavy atom. The molecule has 1 aromatic heterocycles. The van der Waals surface area contributed by atoms with Gasteiger partial charge in [-0.05, 0) is 51.8 Å². The first-order valence-electron chi connectivity index (χ1n) is 7.13. The van der Waals surface area contributed by atoms with E-state index in [0.717, 1.165) is 25.7 Å². The van der Waals surface area contributed by atoms with Gasteiger partial charge < -0.3 is 15.7 Å². The Morgan fingerprint density at radius 1 is 1.45 bits per heavy atom. The summed E-state index contributed by atoms with van der Waals surface area (Å²) in [4.78, 5) is 6.20. The van der Waals surface area contributed by atoms with Crippen molar-refractivity contribution in [3.05, 3.63) is 22.8 Å². The zero-order chi connectivity index (χ0) is 14.9. The molecule has 1 unspecified atom stereocenters. The molecule has 5 heteroatoms. The minimum Gasteiger partial charge on any atom is -0.386 e. The van der Waals surface area contributed by atoms with E-state index in [1.54, 1.807) is 6.07 Å². The van der Waals surface area contributed by atoms with Crippen LogP contribution in [0.1, 0.15) is 44.3 Å². The summed E-state index contributed by atoms with van der Waals surface area (Å²) in [6, 6.07) is 1.73. The molecule has 4 nitrogen and oxygen atoms in total. The molecule has 1 saturated carbocycles. The monoisotopic (exact) mass is 297 g/mol. The lowest BCUT2D eigenvalue weighted by Gasteiger charge is -2.47. The summed E-state index contributed by atoms with van der Waals surface area (Å²) in [7, 11) is 4.04. The summed E-state index contributed by atoms with van der Waals surface area (Å²) in [5, 5.41) is 11.4. The summed E-state index contributed by atoms with van der Waals surface area (Å²) in [6.07, 6.45) is 4.98. The number of aliphatic hydroxyl groups is 1. The fourth-order valence-corrected chi connectivity index (χ4v) is 3.37. The molecule has 0 radical (unpaired) electrons. The number of likely N-dealkylation sites (N-methyl/N-ethyl adjacent to an activating group) is 1. The van der Waals surface area contributed by atoms with Crippen LogP contribution in [0.4, 0.5) is 5.82 Å². The number of nitrogens with zero attached hydrogens (tertiary/aromatic N) is 2. The number of aliphatic hydroxyl groups excluding tert-OH is 1. The van der Waals surface area contributed by atoms with Crippen LogP contribution in [-0.2, 0) is 0 Å². The zero-order valence-corrected chi connectivity index (χ0v) is 13.2. The third-order valence-electron chi connectivity index (χ3n) is 4.75. The average molecular weight is 298 g/mol. The fourth-order valence-electron chi connectivity index (χ4n) is 3.20. The largest absolute Gasteiger partial charge is 0.386 e. The van der Waals surface area contributed by atoms with Gasteiger partial charge in [0.25, 0.3) is 0 Å². The molecular formula is C15H24ClN3O. The second-order valence-electron chi connectivity index (χ2n) is 6.21. The molecule has 1 aliphatic carbocycles. The molecule has 3 N–H and O–H groups in total. The second-order valence-corrected chi connectivity index (χ2v) is 6.65. The van der Waals surface area contributed by atoms with Crippen molar-refractivity contribution in [3.8, 4) is 0 Å². The van der Waals surface area contributed by atoms with Gasteiger partial charge in [-0.15, -0.1) is 0 Å². The highest BCUT2D eigenvalue weighted by atomic mass is 35.5. The van der Waals surface area contributed by atoms with Crippen molar-refractivity contribution in [2.24, 2.45) is 5.92 Å². The van der Waals surface area contributed by atoms with Crippen LogP contribution in [0.2, 0.25) is 5.02 Å². The summed E-state index contributed by atoms with van der Waals surface area (Å²) < 4.78 is 0. The van der Waals surface area contributed by atoms with Crippen molar-refractivity contribution in [1.29, 1.82) is 0 Å². The van der Waals surface area contributed by atoms with Gasteiger partial charge in [-0.3, -0.25) is 0 Å². The third kappa shape index (κ3) is 2.78. The Labute approximate surface area is 125 Å². The zero-order valence-electron chi connectivity index (χ0n) is 12.4. The van der Waals surface area contributed by atoms with Crippen LogP contribution < -0.4 is 5.73 Å². The number of pyridine rings is 1. The lowest BCUT2D eigenvalue weighted by Crippen LogP contribution is -2.51. The molecule has 0 aromatic carbocycles. The molecule has 1 aromatic rings. The SMILES string of the molecule is CC1CCC(C(O)c2cc(Cl)cnc2N)(N(C)C)CC1. The number of anilines is 1. The van der Waals surface area contributed by atoms with E-state index in [4.69, 9.17) is 17.3 Å². The molecule has 1 fully saturated rings. The van der Waals surface area contributed by atoms with Gasteiger partial charge in [0.05, 0.1) is 10.6 Å². The predicted molar refractivity (Wildman–Crippen MR) is 82.7 cm³/mol. The smallest absolute Gasteiger partial charge is 0.129 e. The van der Waals surface area contributed by atoms with Gasteiger partial charge in [0, 0.05) is 11.8 Å². The first kappa shape index (κ1) is 15.5. The van der Waals surface area contributed by atoms with Crippen LogP contribution in [0.3, 0.4) is 0 Å². The number of rotatable bonds is 3. The highest BCUT2D eigenvalue weighted by Gasteiger charge is 2.43. The van der Waals surface area contributed by atoms with Crippen molar-refractivity contribution in [2.75, 3.05) is 19.8 Å². The van der Waals surface area contributed by atoms with Gasteiger partial charge in [-0.2, -0.15) is 0 Å². The van der Waals surface area contributed by atoms with Crippen LogP contribution in [0.5, 0.6) is 0 Å². The molecular weight excluding hydrogens is 274 g/mol. The van der Waals surface area contributed by atoms with Gasteiger partial charge >= 0.3 is 0 Å². The van der Waals surface area contributed by atoms with Crippen LogP contribution in [0, 0.1) is 5.92 Å². The van der Waals surface area contributed by atoms with Crippen LogP contribution >= 0.6 is 11.6 Å². The highest BCUT2D eigenvalue weighted by Crippen LogP contribution is 2.44. The first-order chi connectivity index (χ1) is 9.36. The number of nitrogens with two attached hydrogens (primary N) is 1. The minimum atomic E-state index is -0.670. The molecule has 0 saturated heterocycles. The standard InChI is InChI=1S/C15H24ClN3O/c1-10-4-6-15(7-5-10,19(2)3)13(20)12-8-11(16)9-18-14(12)17/h8-10,13,20H,4-7H2,1-3H3,(H2,17,18). The summed E-state index contributed by atoms with van der Waals surface area (Å²) >= 11 is 6.01. The van der Waals surface area contributed by atoms with E-state index in [9.17, 15) is 5.11 Å². The van der Waals surface area contributed by atoms with Crippen molar-refractivity contribution < 1.29 is 5.11 Å². The number of hydrogen-bond donors (Lipinski definition) is 2. The van der Waals surface area contributed by atoms with Crippen LogP contribution in [-0.4, -0.2) is 34.6 Å². The van der Waals surface area contributed by atoms with E-state index < -0.39 is 6.10 Å². The molecule has 0 spiro atoms. The third-order valence-corrected chi connectivity index (χ3v) is 4.96. The van der Waals surface area contributed by atoms with E-state index in [1.807, 2.05) is 14.1 Å².